The van der Waals surface area contributed by atoms with Crippen LogP contribution in [0.4, 0.5) is 5.69 Å². The smallest absolute Gasteiger partial charge is 0.407 e. The minimum absolute atomic E-state index is 0.289. The molecule has 0 aliphatic heterocycles. The van der Waals surface area contributed by atoms with E-state index >= 15 is 0 Å². The first-order valence-corrected chi connectivity index (χ1v) is 5.86. The van der Waals surface area contributed by atoms with Crippen molar-refractivity contribution in [1.82, 2.24) is 0 Å². The Morgan fingerprint density at radius 1 is 1.12 bits per heavy atom. The lowest BCUT2D eigenvalue weighted by Gasteiger charge is -2.14. The van der Waals surface area contributed by atoms with Crippen LogP contribution in [0.5, 0.6) is 0 Å². The maximum absolute atomic E-state index is 5.74. The SMILES string of the molecule is CCCOB(OCCC)c1cccc(N)c1. The average molecular weight is 221 g/mol. The Morgan fingerprint density at radius 2 is 1.75 bits per heavy atom. The van der Waals surface area contributed by atoms with Gasteiger partial charge in [-0.2, -0.15) is 0 Å². The molecular formula is C12H20BNO2. The zero-order valence-electron chi connectivity index (χ0n) is 10.1. The van der Waals surface area contributed by atoms with Gasteiger partial charge < -0.3 is 15.0 Å². The standard InChI is InChI=1S/C12H20BNO2/c1-3-8-15-13(16-9-4-2)11-6-5-7-12(14)10-11/h5-7,10H,3-4,8-9,14H2,1-2H3. The fourth-order valence-electron chi connectivity index (χ4n) is 1.40. The monoisotopic (exact) mass is 221 g/mol. The molecule has 1 aromatic carbocycles. The van der Waals surface area contributed by atoms with E-state index in [0.717, 1.165) is 24.0 Å². The van der Waals surface area contributed by atoms with E-state index in [1.807, 2.05) is 24.3 Å². The second-order valence-electron chi connectivity index (χ2n) is 3.74. The largest absolute Gasteiger partial charge is 0.493 e. The number of anilines is 1. The molecule has 0 saturated heterocycles. The van der Waals surface area contributed by atoms with Crippen LogP contribution < -0.4 is 11.2 Å². The lowest BCUT2D eigenvalue weighted by molar-refractivity contribution is 0.207. The van der Waals surface area contributed by atoms with Crippen LogP contribution >= 0.6 is 0 Å². The summed E-state index contributed by atoms with van der Waals surface area (Å²) in [5.74, 6) is 0. The van der Waals surface area contributed by atoms with Crippen molar-refractivity contribution < 1.29 is 9.31 Å². The maximum atomic E-state index is 5.74. The van der Waals surface area contributed by atoms with Gasteiger partial charge in [-0.3, -0.25) is 0 Å². The Labute approximate surface area is 98.1 Å². The minimum Gasteiger partial charge on any atom is -0.407 e. The van der Waals surface area contributed by atoms with E-state index in [0.29, 0.717) is 13.2 Å². The summed E-state index contributed by atoms with van der Waals surface area (Å²) in [5.41, 5.74) is 7.47. The average Bonchev–Trinajstić information content (AvgIpc) is 2.29. The zero-order chi connectivity index (χ0) is 11.8. The molecule has 0 aromatic heterocycles. The van der Waals surface area contributed by atoms with Crippen molar-refractivity contribution in [3.63, 3.8) is 0 Å². The predicted molar refractivity (Wildman–Crippen MR) is 68.7 cm³/mol. The molecule has 1 rings (SSSR count). The minimum atomic E-state index is -0.289. The van der Waals surface area contributed by atoms with Crippen molar-refractivity contribution in [1.29, 1.82) is 0 Å². The van der Waals surface area contributed by atoms with Crippen LogP contribution in [0, 0.1) is 0 Å². The van der Waals surface area contributed by atoms with Gasteiger partial charge in [0.2, 0.25) is 0 Å². The third-order valence-corrected chi connectivity index (χ3v) is 2.13. The number of rotatable bonds is 7. The van der Waals surface area contributed by atoms with Gasteiger partial charge >= 0.3 is 7.12 Å². The molecule has 0 saturated carbocycles. The Balaban J connectivity index is 2.66. The molecular weight excluding hydrogens is 201 g/mol. The Kier molecular flexibility index (Phi) is 5.97. The lowest BCUT2D eigenvalue weighted by atomic mass is 9.78. The molecule has 0 spiro atoms. The molecule has 0 fully saturated rings. The first kappa shape index (κ1) is 13.1. The normalized spacial score (nSPS) is 10.4. The highest BCUT2D eigenvalue weighted by Crippen LogP contribution is 2.01. The number of hydrogen-bond acceptors (Lipinski definition) is 3. The van der Waals surface area contributed by atoms with E-state index in [1.54, 1.807) is 0 Å². The molecule has 16 heavy (non-hydrogen) atoms. The fourth-order valence-corrected chi connectivity index (χ4v) is 1.40. The molecule has 0 unspecified atom stereocenters. The molecule has 0 aliphatic carbocycles. The van der Waals surface area contributed by atoms with Gasteiger partial charge in [0.05, 0.1) is 0 Å². The summed E-state index contributed by atoms with van der Waals surface area (Å²) in [6.07, 6.45) is 1.96. The van der Waals surface area contributed by atoms with Gasteiger partial charge in [0, 0.05) is 18.9 Å². The van der Waals surface area contributed by atoms with E-state index in [4.69, 9.17) is 15.0 Å². The molecule has 1 aromatic rings. The summed E-state index contributed by atoms with van der Waals surface area (Å²) in [7, 11) is -0.289. The second kappa shape index (κ2) is 7.31. The summed E-state index contributed by atoms with van der Waals surface area (Å²) in [4.78, 5) is 0. The van der Waals surface area contributed by atoms with E-state index in [-0.39, 0.29) is 7.12 Å². The molecule has 0 aliphatic rings. The maximum Gasteiger partial charge on any atom is 0.493 e. The third kappa shape index (κ3) is 4.25. The van der Waals surface area contributed by atoms with E-state index in [2.05, 4.69) is 13.8 Å². The summed E-state index contributed by atoms with van der Waals surface area (Å²) in [6, 6.07) is 7.66. The van der Waals surface area contributed by atoms with E-state index in [1.165, 1.54) is 0 Å². The van der Waals surface area contributed by atoms with E-state index < -0.39 is 0 Å². The first-order valence-electron chi connectivity index (χ1n) is 5.86. The topological polar surface area (TPSA) is 44.5 Å². The van der Waals surface area contributed by atoms with E-state index in [9.17, 15) is 0 Å². The number of nitrogens with two attached hydrogens (primary N) is 1. The van der Waals surface area contributed by atoms with Gasteiger partial charge in [-0.1, -0.05) is 26.0 Å². The Bertz CT molecular complexity index is 299. The highest BCUT2D eigenvalue weighted by molar-refractivity contribution is 6.61. The Hall–Kier alpha value is -0.995. The third-order valence-electron chi connectivity index (χ3n) is 2.13. The van der Waals surface area contributed by atoms with Crippen molar-refractivity contribution in [2.45, 2.75) is 26.7 Å². The van der Waals surface area contributed by atoms with Gasteiger partial charge in [0.25, 0.3) is 0 Å². The number of hydrogen-bond donors (Lipinski definition) is 1. The number of nitrogen functional groups attached to an aromatic ring is 1. The van der Waals surface area contributed by atoms with Crippen molar-refractivity contribution in [3.8, 4) is 0 Å². The van der Waals surface area contributed by atoms with Crippen LogP contribution in [0.25, 0.3) is 0 Å². The van der Waals surface area contributed by atoms with Crippen molar-refractivity contribution in [3.05, 3.63) is 24.3 Å². The van der Waals surface area contributed by atoms with Crippen LogP contribution in [0.1, 0.15) is 26.7 Å². The molecule has 2 N–H and O–H groups in total. The van der Waals surface area contributed by atoms with Crippen LogP contribution in [0.3, 0.4) is 0 Å². The quantitative estimate of drug-likeness (QED) is 0.564. The van der Waals surface area contributed by atoms with Crippen molar-refractivity contribution in [2.75, 3.05) is 18.9 Å². The van der Waals surface area contributed by atoms with Gasteiger partial charge in [-0.15, -0.1) is 0 Å². The van der Waals surface area contributed by atoms with Gasteiger partial charge in [-0.05, 0) is 30.4 Å². The first-order chi connectivity index (χ1) is 7.77. The van der Waals surface area contributed by atoms with Crippen LogP contribution in [-0.4, -0.2) is 20.3 Å². The molecule has 0 amide bonds. The van der Waals surface area contributed by atoms with Crippen molar-refractivity contribution in [2.24, 2.45) is 0 Å². The number of benzene rings is 1. The summed E-state index contributed by atoms with van der Waals surface area (Å²) in [5, 5.41) is 0. The molecule has 3 nitrogen and oxygen atoms in total. The fraction of sp³-hybridized carbons (Fsp3) is 0.500. The summed E-state index contributed by atoms with van der Waals surface area (Å²) >= 11 is 0. The molecule has 0 heterocycles. The lowest BCUT2D eigenvalue weighted by Crippen LogP contribution is -2.37. The Morgan fingerprint density at radius 3 is 2.25 bits per heavy atom. The summed E-state index contributed by atoms with van der Waals surface area (Å²) < 4.78 is 11.3. The zero-order valence-corrected chi connectivity index (χ0v) is 10.1. The van der Waals surface area contributed by atoms with Crippen molar-refractivity contribution >= 4 is 18.3 Å². The summed E-state index contributed by atoms with van der Waals surface area (Å²) in [6.45, 7) is 5.55. The molecule has 0 bridgehead atoms. The predicted octanol–water partition coefficient (Wildman–Crippen LogP) is 1.82. The van der Waals surface area contributed by atoms with Gasteiger partial charge in [0.1, 0.15) is 0 Å². The highest BCUT2D eigenvalue weighted by atomic mass is 16.6. The van der Waals surface area contributed by atoms with Crippen LogP contribution in [0.2, 0.25) is 0 Å². The van der Waals surface area contributed by atoms with Gasteiger partial charge in [0.15, 0.2) is 0 Å². The molecule has 0 atom stereocenters. The second-order valence-corrected chi connectivity index (χ2v) is 3.74. The molecule has 88 valence electrons. The van der Waals surface area contributed by atoms with Crippen LogP contribution in [-0.2, 0) is 9.31 Å². The highest BCUT2D eigenvalue weighted by Gasteiger charge is 2.20. The van der Waals surface area contributed by atoms with Crippen LogP contribution in [0.15, 0.2) is 24.3 Å². The molecule has 0 radical (unpaired) electrons. The van der Waals surface area contributed by atoms with Gasteiger partial charge in [-0.25, -0.2) is 0 Å². The molecule has 4 heteroatoms.